The summed E-state index contributed by atoms with van der Waals surface area (Å²) in [5.41, 5.74) is 2.99. The van der Waals surface area contributed by atoms with E-state index in [1.165, 1.54) is 11.1 Å². The molecule has 0 saturated carbocycles. The maximum atomic E-state index is 3.83. The molecule has 0 aliphatic carbocycles. The molecule has 1 nitrogen and oxygen atoms in total. The van der Waals surface area contributed by atoms with Crippen molar-refractivity contribution in [2.45, 2.75) is 20.3 Å². The fourth-order valence-electron chi connectivity index (χ4n) is 1.53. The minimum atomic E-state index is 0.663. The standard InChI is InChI=1S/C10H17N/c1-4-9-5-6-11-7-10(9)8(2)3/h4,8,11H,1,5-7H2,2-3H3. The average Bonchev–Trinajstić information content (AvgIpc) is 2.04. The van der Waals surface area contributed by atoms with Gasteiger partial charge in [0.15, 0.2) is 0 Å². The summed E-state index contributed by atoms with van der Waals surface area (Å²) in [6, 6.07) is 0. The van der Waals surface area contributed by atoms with Crippen molar-refractivity contribution in [2.75, 3.05) is 13.1 Å². The largest absolute Gasteiger partial charge is 0.313 e. The Morgan fingerprint density at radius 2 is 2.27 bits per heavy atom. The zero-order chi connectivity index (χ0) is 8.27. The van der Waals surface area contributed by atoms with Crippen LogP contribution in [0.25, 0.3) is 0 Å². The lowest BCUT2D eigenvalue weighted by atomic mass is 9.93. The molecule has 1 aliphatic heterocycles. The van der Waals surface area contributed by atoms with Crippen LogP contribution in [-0.2, 0) is 0 Å². The number of rotatable bonds is 2. The van der Waals surface area contributed by atoms with Crippen molar-refractivity contribution in [3.8, 4) is 0 Å². The van der Waals surface area contributed by atoms with Gasteiger partial charge in [0, 0.05) is 6.54 Å². The van der Waals surface area contributed by atoms with Crippen LogP contribution >= 0.6 is 0 Å². The summed E-state index contributed by atoms with van der Waals surface area (Å²) in [5, 5.41) is 3.37. The Balaban J connectivity index is 2.81. The van der Waals surface area contributed by atoms with Crippen molar-refractivity contribution in [3.05, 3.63) is 23.8 Å². The first-order valence-electron chi connectivity index (χ1n) is 4.30. The van der Waals surface area contributed by atoms with Gasteiger partial charge in [0.05, 0.1) is 0 Å². The van der Waals surface area contributed by atoms with Crippen molar-refractivity contribution in [3.63, 3.8) is 0 Å². The van der Waals surface area contributed by atoms with Gasteiger partial charge in [0.1, 0.15) is 0 Å². The molecule has 1 aliphatic rings. The Bertz CT molecular complexity index is 177. The average molecular weight is 151 g/mol. The summed E-state index contributed by atoms with van der Waals surface area (Å²) < 4.78 is 0. The van der Waals surface area contributed by atoms with Gasteiger partial charge in [-0.3, -0.25) is 0 Å². The molecule has 0 saturated heterocycles. The Hall–Kier alpha value is -0.560. The third-order valence-electron chi connectivity index (χ3n) is 2.24. The predicted octanol–water partition coefficient (Wildman–Crippen LogP) is 2.12. The molecule has 0 aromatic carbocycles. The van der Waals surface area contributed by atoms with Gasteiger partial charge in [-0.2, -0.15) is 0 Å². The summed E-state index contributed by atoms with van der Waals surface area (Å²) in [5.74, 6) is 0.663. The molecular formula is C10H17N. The summed E-state index contributed by atoms with van der Waals surface area (Å²) >= 11 is 0. The Morgan fingerprint density at radius 1 is 1.55 bits per heavy atom. The summed E-state index contributed by atoms with van der Waals surface area (Å²) in [7, 11) is 0. The zero-order valence-corrected chi connectivity index (χ0v) is 7.48. The van der Waals surface area contributed by atoms with E-state index in [9.17, 15) is 0 Å². The summed E-state index contributed by atoms with van der Waals surface area (Å²) in [6.07, 6.45) is 3.16. The van der Waals surface area contributed by atoms with Gasteiger partial charge in [-0.1, -0.05) is 32.1 Å². The smallest absolute Gasteiger partial charge is 0.0173 e. The highest BCUT2D eigenvalue weighted by molar-refractivity contribution is 5.28. The quantitative estimate of drug-likeness (QED) is 0.637. The molecule has 1 heteroatoms. The predicted molar refractivity (Wildman–Crippen MR) is 49.5 cm³/mol. The number of hydrogen-bond donors (Lipinski definition) is 1. The zero-order valence-electron chi connectivity index (χ0n) is 7.48. The van der Waals surface area contributed by atoms with E-state index in [-0.39, 0.29) is 0 Å². The van der Waals surface area contributed by atoms with Gasteiger partial charge < -0.3 is 5.32 Å². The highest BCUT2D eigenvalue weighted by Crippen LogP contribution is 2.20. The van der Waals surface area contributed by atoms with Crippen molar-refractivity contribution in [1.29, 1.82) is 0 Å². The molecule has 0 radical (unpaired) electrons. The molecule has 1 rings (SSSR count). The molecule has 11 heavy (non-hydrogen) atoms. The van der Waals surface area contributed by atoms with Gasteiger partial charge in [-0.25, -0.2) is 0 Å². The Labute approximate surface area is 69.2 Å². The SMILES string of the molecule is C=CC1=C(C(C)C)CNCC1. The second-order valence-corrected chi connectivity index (χ2v) is 3.34. The van der Waals surface area contributed by atoms with E-state index in [1.54, 1.807) is 0 Å². The molecule has 0 spiro atoms. The van der Waals surface area contributed by atoms with Crippen LogP contribution in [0.1, 0.15) is 20.3 Å². The third kappa shape index (κ3) is 1.93. The monoisotopic (exact) mass is 151 g/mol. The fourth-order valence-corrected chi connectivity index (χ4v) is 1.53. The minimum Gasteiger partial charge on any atom is -0.313 e. The highest BCUT2D eigenvalue weighted by atomic mass is 14.9. The molecule has 0 unspecified atom stereocenters. The number of nitrogens with one attached hydrogen (secondary N) is 1. The summed E-state index contributed by atoms with van der Waals surface area (Å²) in [4.78, 5) is 0. The van der Waals surface area contributed by atoms with Gasteiger partial charge in [0.2, 0.25) is 0 Å². The molecule has 0 bridgehead atoms. The van der Waals surface area contributed by atoms with Gasteiger partial charge in [-0.05, 0) is 24.5 Å². The van der Waals surface area contributed by atoms with Crippen LogP contribution in [0.5, 0.6) is 0 Å². The number of hydrogen-bond acceptors (Lipinski definition) is 1. The number of allylic oxidation sites excluding steroid dienone is 1. The fraction of sp³-hybridized carbons (Fsp3) is 0.600. The Morgan fingerprint density at radius 3 is 2.73 bits per heavy atom. The van der Waals surface area contributed by atoms with E-state index in [4.69, 9.17) is 0 Å². The lowest BCUT2D eigenvalue weighted by Crippen LogP contribution is -2.26. The molecule has 0 amide bonds. The summed E-state index contributed by atoms with van der Waals surface area (Å²) in [6.45, 7) is 10.5. The molecule has 0 aromatic heterocycles. The molecule has 1 N–H and O–H groups in total. The highest BCUT2D eigenvalue weighted by Gasteiger charge is 2.11. The molecule has 0 atom stereocenters. The lowest BCUT2D eigenvalue weighted by Gasteiger charge is -2.21. The molecule has 0 fully saturated rings. The van der Waals surface area contributed by atoms with Crippen molar-refractivity contribution in [2.24, 2.45) is 5.92 Å². The topological polar surface area (TPSA) is 12.0 Å². The van der Waals surface area contributed by atoms with Crippen LogP contribution in [0.15, 0.2) is 23.8 Å². The van der Waals surface area contributed by atoms with Crippen molar-refractivity contribution >= 4 is 0 Å². The first-order valence-corrected chi connectivity index (χ1v) is 4.30. The molecule has 62 valence electrons. The van der Waals surface area contributed by atoms with E-state index in [0.717, 1.165) is 19.5 Å². The van der Waals surface area contributed by atoms with E-state index < -0.39 is 0 Å². The first kappa shape index (κ1) is 8.54. The Kier molecular flexibility index (Phi) is 2.89. The van der Waals surface area contributed by atoms with E-state index in [0.29, 0.717) is 5.92 Å². The molecule has 0 aromatic rings. The van der Waals surface area contributed by atoms with Crippen LogP contribution in [0.3, 0.4) is 0 Å². The van der Waals surface area contributed by atoms with E-state index >= 15 is 0 Å². The molecule has 1 heterocycles. The van der Waals surface area contributed by atoms with Crippen LogP contribution < -0.4 is 5.32 Å². The van der Waals surface area contributed by atoms with Crippen molar-refractivity contribution < 1.29 is 0 Å². The second-order valence-electron chi connectivity index (χ2n) is 3.34. The third-order valence-corrected chi connectivity index (χ3v) is 2.24. The van der Waals surface area contributed by atoms with E-state index in [2.05, 4.69) is 25.7 Å². The molecular weight excluding hydrogens is 134 g/mol. The maximum absolute atomic E-state index is 3.83. The maximum Gasteiger partial charge on any atom is 0.0173 e. The second kappa shape index (κ2) is 3.72. The normalized spacial score (nSPS) is 19.2. The van der Waals surface area contributed by atoms with Crippen LogP contribution in [0, 0.1) is 5.92 Å². The minimum absolute atomic E-state index is 0.663. The van der Waals surface area contributed by atoms with Gasteiger partial charge in [0.25, 0.3) is 0 Å². The lowest BCUT2D eigenvalue weighted by molar-refractivity contribution is 0.613. The first-order chi connectivity index (χ1) is 5.25. The van der Waals surface area contributed by atoms with Crippen molar-refractivity contribution in [1.82, 2.24) is 5.32 Å². The van der Waals surface area contributed by atoms with Crippen LogP contribution in [-0.4, -0.2) is 13.1 Å². The van der Waals surface area contributed by atoms with Gasteiger partial charge >= 0.3 is 0 Å². The van der Waals surface area contributed by atoms with Gasteiger partial charge in [-0.15, -0.1) is 0 Å². The van der Waals surface area contributed by atoms with Crippen LogP contribution in [0.4, 0.5) is 0 Å². The van der Waals surface area contributed by atoms with Crippen LogP contribution in [0.2, 0.25) is 0 Å². The van der Waals surface area contributed by atoms with E-state index in [1.807, 2.05) is 6.08 Å².